The molecule has 0 aliphatic heterocycles. The second-order valence-electron chi connectivity index (χ2n) is 6.31. The molecule has 0 fully saturated rings. The first-order valence-electron chi connectivity index (χ1n) is 8.92. The average Bonchev–Trinajstić information content (AvgIpc) is 2.70. The fourth-order valence-electron chi connectivity index (χ4n) is 2.77. The van der Waals surface area contributed by atoms with Crippen LogP contribution in [-0.4, -0.2) is 17.4 Å². The summed E-state index contributed by atoms with van der Waals surface area (Å²) in [5.41, 5.74) is 2.86. The predicted octanol–water partition coefficient (Wildman–Crippen LogP) is 4.37. The Bertz CT molecular complexity index is 882. The maximum atomic E-state index is 13.6. The van der Waals surface area contributed by atoms with E-state index in [1.165, 1.54) is 6.07 Å². The van der Waals surface area contributed by atoms with E-state index in [0.717, 1.165) is 11.3 Å². The van der Waals surface area contributed by atoms with E-state index in [1.54, 1.807) is 30.5 Å². The van der Waals surface area contributed by atoms with E-state index in [0.29, 0.717) is 24.2 Å². The number of anilines is 1. The zero-order chi connectivity index (χ0) is 19.1. The van der Waals surface area contributed by atoms with Crippen molar-refractivity contribution in [3.63, 3.8) is 0 Å². The first-order chi connectivity index (χ1) is 13.1. The molecule has 2 N–H and O–H groups in total. The summed E-state index contributed by atoms with van der Waals surface area (Å²) < 4.78 is 13.6. The number of nitrogens with one attached hydrogen (secondary N) is 2. The van der Waals surface area contributed by atoms with Crippen molar-refractivity contribution in [2.24, 2.45) is 0 Å². The standard InChI is InChI=1S/C22H22FN3O/c1-16(17-7-3-2-4-8-17)26-22(27)21-12-11-19(15-25-21)24-14-13-18-9-5-6-10-20(18)23/h2-12,15-16,24H,13-14H2,1H3,(H,26,27). The smallest absolute Gasteiger partial charge is 0.270 e. The molecule has 3 aromatic rings. The summed E-state index contributed by atoms with van der Waals surface area (Å²) in [5.74, 6) is -0.416. The number of halogens is 1. The van der Waals surface area contributed by atoms with E-state index in [1.807, 2.05) is 43.3 Å². The number of rotatable bonds is 7. The molecular formula is C22H22FN3O. The molecule has 0 saturated carbocycles. The van der Waals surface area contributed by atoms with Crippen molar-refractivity contribution in [3.05, 3.63) is 95.6 Å². The van der Waals surface area contributed by atoms with Crippen LogP contribution < -0.4 is 10.6 Å². The molecule has 1 atom stereocenters. The number of benzene rings is 2. The van der Waals surface area contributed by atoms with Gasteiger partial charge in [-0.1, -0.05) is 48.5 Å². The normalized spacial score (nSPS) is 11.6. The van der Waals surface area contributed by atoms with Gasteiger partial charge < -0.3 is 10.6 Å². The molecule has 27 heavy (non-hydrogen) atoms. The number of hydrogen-bond acceptors (Lipinski definition) is 3. The van der Waals surface area contributed by atoms with Gasteiger partial charge in [-0.2, -0.15) is 0 Å². The van der Waals surface area contributed by atoms with Gasteiger partial charge in [0.05, 0.1) is 17.9 Å². The summed E-state index contributed by atoms with van der Waals surface area (Å²) in [6, 6.07) is 19.9. The van der Waals surface area contributed by atoms with Crippen molar-refractivity contribution >= 4 is 11.6 Å². The molecule has 5 heteroatoms. The quantitative estimate of drug-likeness (QED) is 0.655. The van der Waals surface area contributed by atoms with E-state index >= 15 is 0 Å². The van der Waals surface area contributed by atoms with Crippen molar-refractivity contribution in [3.8, 4) is 0 Å². The van der Waals surface area contributed by atoms with Gasteiger partial charge in [0.25, 0.3) is 5.91 Å². The Kier molecular flexibility index (Phi) is 6.15. The van der Waals surface area contributed by atoms with Crippen LogP contribution >= 0.6 is 0 Å². The second kappa shape index (κ2) is 8.94. The number of aromatic nitrogens is 1. The summed E-state index contributed by atoms with van der Waals surface area (Å²) in [6.45, 7) is 2.52. The van der Waals surface area contributed by atoms with Crippen molar-refractivity contribution in [2.75, 3.05) is 11.9 Å². The first kappa shape index (κ1) is 18.6. The summed E-state index contributed by atoms with van der Waals surface area (Å²) in [4.78, 5) is 16.6. The second-order valence-corrected chi connectivity index (χ2v) is 6.31. The number of pyridine rings is 1. The van der Waals surface area contributed by atoms with Gasteiger partial charge in [0.15, 0.2) is 0 Å². The molecule has 0 aliphatic rings. The molecule has 1 unspecified atom stereocenters. The monoisotopic (exact) mass is 363 g/mol. The fourth-order valence-corrected chi connectivity index (χ4v) is 2.77. The summed E-state index contributed by atoms with van der Waals surface area (Å²) in [6.07, 6.45) is 2.19. The van der Waals surface area contributed by atoms with Gasteiger partial charge >= 0.3 is 0 Å². The predicted molar refractivity (Wildman–Crippen MR) is 105 cm³/mol. The third kappa shape index (κ3) is 5.14. The van der Waals surface area contributed by atoms with Crippen LogP contribution in [0.25, 0.3) is 0 Å². The van der Waals surface area contributed by atoms with Gasteiger partial charge in [0.2, 0.25) is 0 Å². The Morgan fingerprint density at radius 1 is 1.04 bits per heavy atom. The molecule has 0 spiro atoms. The van der Waals surface area contributed by atoms with Crippen molar-refractivity contribution in [1.82, 2.24) is 10.3 Å². The van der Waals surface area contributed by atoms with Crippen LogP contribution in [0.3, 0.4) is 0 Å². The highest BCUT2D eigenvalue weighted by atomic mass is 19.1. The third-order valence-corrected chi connectivity index (χ3v) is 4.32. The average molecular weight is 363 g/mol. The number of hydrogen-bond donors (Lipinski definition) is 2. The van der Waals surface area contributed by atoms with Crippen molar-refractivity contribution in [2.45, 2.75) is 19.4 Å². The first-order valence-corrected chi connectivity index (χ1v) is 8.92. The van der Waals surface area contributed by atoms with Crippen LogP contribution in [0.1, 0.15) is 34.6 Å². The summed E-state index contributed by atoms with van der Waals surface area (Å²) in [7, 11) is 0. The number of nitrogens with zero attached hydrogens (tertiary/aromatic N) is 1. The Balaban J connectivity index is 1.52. The molecule has 0 saturated heterocycles. The molecule has 1 aromatic heterocycles. The SMILES string of the molecule is CC(NC(=O)c1ccc(NCCc2ccccc2F)cn1)c1ccccc1. The molecule has 3 rings (SSSR count). The van der Waals surface area contributed by atoms with E-state index < -0.39 is 0 Å². The molecule has 1 heterocycles. The largest absolute Gasteiger partial charge is 0.383 e. The number of carbonyl (C=O) groups is 1. The van der Waals surface area contributed by atoms with Crippen LogP contribution in [-0.2, 0) is 6.42 Å². The minimum Gasteiger partial charge on any atom is -0.383 e. The van der Waals surface area contributed by atoms with Gasteiger partial charge in [0.1, 0.15) is 11.5 Å². The molecule has 0 bridgehead atoms. The Labute approximate surface area is 158 Å². The molecule has 138 valence electrons. The van der Waals surface area contributed by atoms with Gasteiger partial charge in [-0.3, -0.25) is 4.79 Å². The lowest BCUT2D eigenvalue weighted by molar-refractivity contribution is 0.0935. The highest BCUT2D eigenvalue weighted by Gasteiger charge is 2.12. The number of carbonyl (C=O) groups excluding carboxylic acids is 1. The number of amides is 1. The highest BCUT2D eigenvalue weighted by Crippen LogP contribution is 2.13. The third-order valence-electron chi connectivity index (χ3n) is 4.32. The molecule has 0 radical (unpaired) electrons. The maximum absolute atomic E-state index is 13.6. The lowest BCUT2D eigenvalue weighted by Gasteiger charge is -2.14. The zero-order valence-electron chi connectivity index (χ0n) is 15.2. The van der Waals surface area contributed by atoms with E-state index in [9.17, 15) is 9.18 Å². The topological polar surface area (TPSA) is 54.0 Å². The van der Waals surface area contributed by atoms with Gasteiger partial charge in [-0.05, 0) is 42.7 Å². The molecule has 4 nitrogen and oxygen atoms in total. The van der Waals surface area contributed by atoms with Crippen LogP contribution in [0.5, 0.6) is 0 Å². The molecule has 1 amide bonds. The van der Waals surface area contributed by atoms with E-state index in [-0.39, 0.29) is 17.8 Å². The molecule has 0 aliphatic carbocycles. The van der Waals surface area contributed by atoms with Crippen LogP contribution in [0.15, 0.2) is 72.9 Å². The summed E-state index contributed by atoms with van der Waals surface area (Å²) in [5, 5.41) is 6.13. The van der Waals surface area contributed by atoms with Crippen LogP contribution in [0, 0.1) is 5.82 Å². The Morgan fingerprint density at radius 3 is 2.48 bits per heavy atom. The minimum atomic E-state index is -0.218. The van der Waals surface area contributed by atoms with Crippen LogP contribution in [0.4, 0.5) is 10.1 Å². The minimum absolute atomic E-state index is 0.0981. The zero-order valence-corrected chi connectivity index (χ0v) is 15.2. The van der Waals surface area contributed by atoms with E-state index in [2.05, 4.69) is 15.6 Å². The van der Waals surface area contributed by atoms with Crippen molar-refractivity contribution in [1.29, 1.82) is 0 Å². The lowest BCUT2D eigenvalue weighted by Crippen LogP contribution is -2.27. The highest BCUT2D eigenvalue weighted by molar-refractivity contribution is 5.92. The fraction of sp³-hybridized carbons (Fsp3) is 0.182. The van der Waals surface area contributed by atoms with Gasteiger partial charge in [0, 0.05) is 6.54 Å². The lowest BCUT2D eigenvalue weighted by atomic mass is 10.1. The maximum Gasteiger partial charge on any atom is 0.270 e. The molecule has 2 aromatic carbocycles. The van der Waals surface area contributed by atoms with Gasteiger partial charge in [-0.25, -0.2) is 9.37 Å². The van der Waals surface area contributed by atoms with Gasteiger partial charge in [-0.15, -0.1) is 0 Å². The Hall–Kier alpha value is -3.21. The Morgan fingerprint density at radius 2 is 1.78 bits per heavy atom. The molecular weight excluding hydrogens is 341 g/mol. The van der Waals surface area contributed by atoms with E-state index in [4.69, 9.17) is 0 Å². The van der Waals surface area contributed by atoms with Crippen molar-refractivity contribution < 1.29 is 9.18 Å². The summed E-state index contributed by atoms with van der Waals surface area (Å²) >= 11 is 0. The van der Waals surface area contributed by atoms with Crippen LogP contribution in [0.2, 0.25) is 0 Å².